The summed E-state index contributed by atoms with van der Waals surface area (Å²) in [6.07, 6.45) is 7.63. The summed E-state index contributed by atoms with van der Waals surface area (Å²) >= 11 is 0. The minimum Gasteiger partial charge on any atom is -0.496 e. The Morgan fingerprint density at radius 3 is 2.47 bits per heavy atom. The summed E-state index contributed by atoms with van der Waals surface area (Å²) in [4.78, 5) is 13.2. The highest BCUT2D eigenvalue weighted by Gasteiger charge is 2.59. The van der Waals surface area contributed by atoms with Crippen molar-refractivity contribution < 1.29 is 19.0 Å². The number of benzene rings is 1. The van der Waals surface area contributed by atoms with Gasteiger partial charge in [-0.15, -0.1) is 0 Å². The van der Waals surface area contributed by atoms with Crippen molar-refractivity contribution in [2.75, 3.05) is 20.8 Å². The summed E-state index contributed by atoms with van der Waals surface area (Å²) in [5.74, 6) is 2.67. The second-order valence-corrected chi connectivity index (χ2v) is 10.7. The van der Waals surface area contributed by atoms with Gasteiger partial charge in [0.15, 0.2) is 0 Å². The van der Waals surface area contributed by atoms with Gasteiger partial charge in [0.1, 0.15) is 11.2 Å². The van der Waals surface area contributed by atoms with E-state index in [0.717, 1.165) is 34.8 Å². The van der Waals surface area contributed by atoms with Crippen molar-refractivity contribution in [1.29, 1.82) is 0 Å². The molecule has 4 aliphatic carbocycles. The monoisotopic (exact) mass is 438 g/mol. The molecule has 4 aliphatic rings. The van der Waals surface area contributed by atoms with Gasteiger partial charge in [-0.05, 0) is 117 Å². The van der Waals surface area contributed by atoms with Crippen LogP contribution in [0.4, 0.5) is 0 Å². The van der Waals surface area contributed by atoms with Gasteiger partial charge < -0.3 is 14.2 Å². The first-order valence-electron chi connectivity index (χ1n) is 12.4. The Kier molecular flexibility index (Phi) is 5.24. The number of hydrogen-bond donors (Lipinski definition) is 0. The van der Waals surface area contributed by atoms with Gasteiger partial charge in [0.2, 0.25) is 0 Å². The van der Waals surface area contributed by atoms with Gasteiger partial charge in [-0.2, -0.15) is 0 Å². The third kappa shape index (κ3) is 2.74. The minimum atomic E-state index is -0.735. The summed E-state index contributed by atoms with van der Waals surface area (Å²) in [5, 5.41) is 0. The second kappa shape index (κ2) is 7.62. The maximum Gasteiger partial charge on any atom is 0.325 e. The zero-order chi connectivity index (χ0) is 22.8. The molecule has 2 saturated carbocycles. The molecule has 1 aromatic rings. The molecular weight excluding hydrogens is 400 g/mol. The van der Waals surface area contributed by atoms with Crippen LogP contribution >= 0.6 is 0 Å². The van der Waals surface area contributed by atoms with Crippen molar-refractivity contribution >= 4 is 5.97 Å². The molecule has 0 N–H and O–H groups in total. The molecule has 0 bridgehead atoms. The Hall–Kier alpha value is -1.81. The topological polar surface area (TPSA) is 44.8 Å². The molecule has 0 aromatic heterocycles. The van der Waals surface area contributed by atoms with Crippen LogP contribution < -0.4 is 4.74 Å². The second-order valence-electron chi connectivity index (χ2n) is 10.7. The van der Waals surface area contributed by atoms with Crippen molar-refractivity contribution in [3.05, 3.63) is 40.0 Å². The van der Waals surface area contributed by atoms with Gasteiger partial charge in [-0.1, -0.05) is 6.92 Å². The lowest BCUT2D eigenvalue weighted by Crippen LogP contribution is -2.44. The van der Waals surface area contributed by atoms with Crippen molar-refractivity contribution in [3.8, 4) is 5.75 Å². The van der Waals surface area contributed by atoms with Gasteiger partial charge in [-0.3, -0.25) is 4.79 Å². The number of carbonyl (C=O) groups is 1. The molecular formula is C28H38O4. The predicted octanol–water partition coefficient (Wildman–Crippen LogP) is 5.72. The Morgan fingerprint density at radius 1 is 1.09 bits per heavy atom. The van der Waals surface area contributed by atoms with Gasteiger partial charge in [-0.25, -0.2) is 0 Å². The van der Waals surface area contributed by atoms with Crippen molar-refractivity contribution in [2.24, 2.45) is 17.3 Å². The van der Waals surface area contributed by atoms with Crippen LogP contribution in [0.3, 0.4) is 0 Å². The number of fused-ring (bicyclic) bond motifs is 5. The van der Waals surface area contributed by atoms with Gasteiger partial charge >= 0.3 is 5.97 Å². The zero-order valence-electron chi connectivity index (χ0n) is 20.5. The van der Waals surface area contributed by atoms with E-state index in [9.17, 15) is 4.79 Å². The molecule has 1 aromatic carbocycles. The van der Waals surface area contributed by atoms with E-state index in [2.05, 4.69) is 32.9 Å². The van der Waals surface area contributed by atoms with Crippen LogP contribution in [0, 0.1) is 17.3 Å². The molecule has 2 fully saturated rings. The Bertz CT molecular complexity index is 964. The summed E-state index contributed by atoms with van der Waals surface area (Å²) in [5.41, 5.74) is 5.64. The molecule has 0 heterocycles. The normalized spacial score (nSPS) is 34.4. The van der Waals surface area contributed by atoms with E-state index >= 15 is 0 Å². The first-order chi connectivity index (χ1) is 15.3. The number of rotatable bonds is 5. The third-order valence-corrected chi connectivity index (χ3v) is 9.85. The van der Waals surface area contributed by atoms with E-state index in [1.165, 1.54) is 43.2 Å². The average molecular weight is 439 g/mol. The average Bonchev–Trinajstić information content (AvgIpc) is 3.16. The van der Waals surface area contributed by atoms with E-state index in [1.807, 2.05) is 14.0 Å². The van der Waals surface area contributed by atoms with Crippen LogP contribution in [0.1, 0.15) is 82.4 Å². The molecule has 4 heteroatoms. The number of carbonyl (C=O) groups excluding carboxylic acids is 1. The van der Waals surface area contributed by atoms with Crippen molar-refractivity contribution in [2.45, 2.75) is 83.7 Å². The maximum absolute atomic E-state index is 13.2. The highest BCUT2D eigenvalue weighted by Crippen LogP contribution is 2.63. The van der Waals surface area contributed by atoms with Crippen molar-refractivity contribution in [3.63, 3.8) is 0 Å². The molecule has 0 aliphatic heterocycles. The van der Waals surface area contributed by atoms with Crippen LogP contribution in [0.2, 0.25) is 0 Å². The molecule has 0 amide bonds. The van der Waals surface area contributed by atoms with Crippen LogP contribution in [0.15, 0.2) is 23.3 Å². The lowest BCUT2D eigenvalue weighted by atomic mass is 9.55. The smallest absolute Gasteiger partial charge is 0.325 e. The van der Waals surface area contributed by atoms with E-state index in [0.29, 0.717) is 30.0 Å². The SMILES string of the molecule is CCOC(=O)C1(c2cc3c(cc2OC)CC[C@@H]2[C@@H]3CC[C@]3(C)[C@@H](OC)CC[C@@H]23)C(C)=C1C. The van der Waals surface area contributed by atoms with Crippen molar-refractivity contribution in [1.82, 2.24) is 0 Å². The Labute approximate surface area is 192 Å². The summed E-state index contributed by atoms with van der Waals surface area (Å²) in [6, 6.07) is 4.55. The molecule has 5 rings (SSSR count). The largest absolute Gasteiger partial charge is 0.496 e. The maximum atomic E-state index is 13.2. The fourth-order valence-electron chi connectivity index (χ4n) is 8.02. The Balaban J connectivity index is 1.56. The quantitative estimate of drug-likeness (QED) is 0.436. The Morgan fingerprint density at radius 2 is 1.84 bits per heavy atom. The molecule has 0 radical (unpaired) electrons. The summed E-state index contributed by atoms with van der Waals surface area (Å²) in [7, 11) is 3.61. The standard InChI is InChI=1S/C28H38O4/c1-7-32-26(29)28(16(2)17(28)3)23-15-21-18(14-24(23)30-5)8-9-20-19(21)12-13-27(4)22(20)10-11-25(27)31-6/h14-15,19-20,22,25H,7-13H2,1-6H3/t19-,20+,22-,25-,27-/m0/s1. The fraction of sp³-hybridized carbons (Fsp3) is 0.679. The van der Waals surface area contributed by atoms with Gasteiger partial charge in [0.05, 0.1) is 19.8 Å². The van der Waals surface area contributed by atoms with Crippen LogP contribution in [0.25, 0.3) is 0 Å². The van der Waals surface area contributed by atoms with Crippen LogP contribution in [-0.4, -0.2) is 32.9 Å². The van der Waals surface area contributed by atoms with Crippen LogP contribution in [-0.2, 0) is 26.1 Å². The summed E-state index contributed by atoms with van der Waals surface area (Å²) in [6.45, 7) is 8.86. The van der Waals surface area contributed by atoms with Gasteiger partial charge in [0.25, 0.3) is 0 Å². The van der Waals surface area contributed by atoms with Crippen LogP contribution in [0.5, 0.6) is 5.75 Å². The van der Waals surface area contributed by atoms with E-state index in [1.54, 1.807) is 7.11 Å². The van der Waals surface area contributed by atoms with Gasteiger partial charge in [0, 0.05) is 12.7 Å². The number of ether oxygens (including phenoxy) is 3. The fourth-order valence-corrected chi connectivity index (χ4v) is 8.02. The molecule has 0 unspecified atom stereocenters. The van der Waals surface area contributed by atoms with E-state index < -0.39 is 5.41 Å². The number of hydrogen-bond acceptors (Lipinski definition) is 4. The first kappa shape index (κ1) is 22.0. The lowest BCUT2D eigenvalue weighted by Gasteiger charge is -2.50. The molecule has 5 atom stereocenters. The minimum absolute atomic E-state index is 0.157. The molecule has 174 valence electrons. The molecule has 32 heavy (non-hydrogen) atoms. The number of aryl methyl sites for hydroxylation is 1. The van der Waals surface area contributed by atoms with E-state index in [4.69, 9.17) is 14.2 Å². The summed E-state index contributed by atoms with van der Waals surface area (Å²) < 4.78 is 17.4. The number of methoxy groups -OCH3 is 2. The van der Waals surface area contributed by atoms with E-state index in [-0.39, 0.29) is 5.97 Å². The highest BCUT2D eigenvalue weighted by molar-refractivity contribution is 5.99. The first-order valence-corrected chi connectivity index (χ1v) is 12.4. The molecule has 4 nitrogen and oxygen atoms in total. The zero-order valence-corrected chi connectivity index (χ0v) is 20.5. The number of esters is 1. The predicted molar refractivity (Wildman–Crippen MR) is 125 cm³/mol. The lowest BCUT2D eigenvalue weighted by molar-refractivity contribution is -0.145. The molecule has 0 saturated heterocycles. The molecule has 0 spiro atoms. The highest BCUT2D eigenvalue weighted by atomic mass is 16.5. The third-order valence-electron chi connectivity index (χ3n) is 9.85.